The predicted molar refractivity (Wildman–Crippen MR) is 43.4 cm³/mol. The zero-order valence-corrected chi connectivity index (χ0v) is 7.35. The van der Waals surface area contributed by atoms with Crippen LogP contribution in [0.15, 0.2) is 21.8 Å². The molecule has 0 aliphatic rings. The van der Waals surface area contributed by atoms with Crippen molar-refractivity contribution < 1.29 is 14.0 Å². The molecule has 1 aromatic rings. The second-order valence-electron chi connectivity index (χ2n) is 2.04. The number of hydrogen-bond acceptors (Lipinski definition) is 2. The van der Waals surface area contributed by atoms with Crippen LogP contribution >= 0.6 is 15.9 Å². The van der Waals surface area contributed by atoms with Gasteiger partial charge in [-0.1, -0.05) is 5.16 Å². The summed E-state index contributed by atoms with van der Waals surface area (Å²) in [6, 6.07) is 1.78. The van der Waals surface area contributed by atoms with E-state index in [-0.39, 0.29) is 10.0 Å². The number of benzene rings is 1. The van der Waals surface area contributed by atoms with E-state index in [9.17, 15) is 8.78 Å². The molecular weight excluding hydrogens is 232 g/mol. The van der Waals surface area contributed by atoms with Crippen LogP contribution in [-0.4, -0.2) is 11.4 Å². The van der Waals surface area contributed by atoms with Gasteiger partial charge in [-0.15, -0.1) is 0 Å². The summed E-state index contributed by atoms with van der Waals surface area (Å²) in [6.07, 6.45) is 0.941. The van der Waals surface area contributed by atoms with Crippen LogP contribution in [0.1, 0.15) is 5.56 Å². The summed E-state index contributed by atoms with van der Waals surface area (Å²) in [7, 11) is 0. The molecule has 0 radical (unpaired) electrons. The van der Waals surface area contributed by atoms with Crippen LogP contribution in [0.2, 0.25) is 0 Å². The summed E-state index contributed by atoms with van der Waals surface area (Å²) >= 11 is 2.87. The van der Waals surface area contributed by atoms with Gasteiger partial charge in [0.2, 0.25) is 0 Å². The monoisotopic (exact) mass is 235 g/mol. The van der Waals surface area contributed by atoms with E-state index in [1.165, 1.54) is 0 Å². The second kappa shape index (κ2) is 3.62. The van der Waals surface area contributed by atoms with Gasteiger partial charge in [-0.25, -0.2) is 8.78 Å². The maximum Gasteiger partial charge on any atom is 0.140 e. The van der Waals surface area contributed by atoms with E-state index >= 15 is 0 Å². The van der Waals surface area contributed by atoms with Crippen LogP contribution in [0.5, 0.6) is 0 Å². The summed E-state index contributed by atoms with van der Waals surface area (Å²) in [6.45, 7) is 0. The molecule has 64 valence electrons. The lowest BCUT2D eigenvalue weighted by atomic mass is 10.2. The second-order valence-corrected chi connectivity index (χ2v) is 2.83. The van der Waals surface area contributed by atoms with Crippen molar-refractivity contribution in [3.63, 3.8) is 0 Å². The van der Waals surface area contributed by atoms with Gasteiger partial charge in [0.25, 0.3) is 0 Å². The molecule has 0 heterocycles. The van der Waals surface area contributed by atoms with E-state index in [0.29, 0.717) is 0 Å². The molecule has 2 nitrogen and oxygen atoms in total. The molecule has 0 fully saturated rings. The largest absolute Gasteiger partial charge is 0.411 e. The van der Waals surface area contributed by atoms with Gasteiger partial charge in [0.05, 0.1) is 10.7 Å². The lowest BCUT2D eigenvalue weighted by molar-refractivity contribution is 0.322. The molecular formula is C7H4BrF2NO. The van der Waals surface area contributed by atoms with E-state index in [2.05, 4.69) is 21.1 Å². The number of nitrogens with zero attached hydrogens (tertiary/aromatic N) is 1. The van der Waals surface area contributed by atoms with Crippen LogP contribution in [0.3, 0.4) is 0 Å². The van der Waals surface area contributed by atoms with Gasteiger partial charge in [0.15, 0.2) is 0 Å². The average Bonchev–Trinajstić information content (AvgIpc) is 2.00. The van der Waals surface area contributed by atoms with Crippen molar-refractivity contribution in [3.05, 3.63) is 33.8 Å². The highest BCUT2D eigenvalue weighted by Gasteiger charge is 2.06. The van der Waals surface area contributed by atoms with Crippen LogP contribution in [-0.2, 0) is 0 Å². The molecule has 12 heavy (non-hydrogen) atoms. The lowest BCUT2D eigenvalue weighted by Crippen LogP contribution is -1.90. The number of hydrogen-bond donors (Lipinski definition) is 1. The van der Waals surface area contributed by atoms with E-state index < -0.39 is 11.6 Å². The maximum absolute atomic E-state index is 12.7. The molecule has 1 aromatic carbocycles. The van der Waals surface area contributed by atoms with E-state index in [1.807, 2.05) is 0 Å². The number of oxime groups is 1. The van der Waals surface area contributed by atoms with Crippen LogP contribution < -0.4 is 0 Å². The molecule has 0 saturated carbocycles. The molecule has 0 bridgehead atoms. The number of halogens is 3. The van der Waals surface area contributed by atoms with Crippen molar-refractivity contribution in [3.8, 4) is 0 Å². The molecule has 0 atom stereocenters. The Bertz CT molecular complexity index is 327. The molecule has 1 rings (SSSR count). The first-order valence-electron chi connectivity index (χ1n) is 2.97. The third-order valence-corrected chi connectivity index (χ3v) is 2.05. The van der Waals surface area contributed by atoms with E-state index in [0.717, 1.165) is 18.3 Å². The Morgan fingerprint density at radius 3 is 2.67 bits per heavy atom. The van der Waals surface area contributed by atoms with Gasteiger partial charge in [0.1, 0.15) is 11.6 Å². The Hall–Kier alpha value is -0.970. The Labute approximate surface area is 75.6 Å². The lowest BCUT2D eigenvalue weighted by Gasteiger charge is -1.98. The number of rotatable bonds is 1. The van der Waals surface area contributed by atoms with Crippen molar-refractivity contribution in [1.82, 2.24) is 0 Å². The Morgan fingerprint density at radius 2 is 2.08 bits per heavy atom. The minimum absolute atomic E-state index is 0.0710. The van der Waals surface area contributed by atoms with Crippen molar-refractivity contribution in [1.29, 1.82) is 0 Å². The summed E-state index contributed by atoms with van der Waals surface area (Å²) < 4.78 is 25.3. The van der Waals surface area contributed by atoms with Gasteiger partial charge in [0, 0.05) is 11.6 Å². The zero-order chi connectivity index (χ0) is 9.14. The minimum Gasteiger partial charge on any atom is -0.411 e. The molecule has 0 amide bonds. The molecule has 0 unspecified atom stereocenters. The highest BCUT2D eigenvalue weighted by atomic mass is 79.9. The first-order chi connectivity index (χ1) is 5.65. The zero-order valence-electron chi connectivity index (χ0n) is 5.76. The first kappa shape index (κ1) is 9.12. The highest BCUT2D eigenvalue weighted by Crippen LogP contribution is 2.20. The van der Waals surface area contributed by atoms with Crippen LogP contribution in [0.25, 0.3) is 0 Å². The van der Waals surface area contributed by atoms with Gasteiger partial charge < -0.3 is 5.21 Å². The normalized spacial score (nSPS) is 10.9. The maximum atomic E-state index is 12.7. The van der Waals surface area contributed by atoms with Crippen molar-refractivity contribution in [2.45, 2.75) is 0 Å². The third kappa shape index (κ3) is 1.79. The van der Waals surface area contributed by atoms with Gasteiger partial charge in [-0.2, -0.15) is 0 Å². The molecule has 0 aromatic heterocycles. The molecule has 0 aliphatic carbocycles. The predicted octanol–water partition coefficient (Wildman–Crippen LogP) is 2.54. The van der Waals surface area contributed by atoms with Crippen molar-refractivity contribution in [2.75, 3.05) is 0 Å². The molecule has 0 spiro atoms. The minimum atomic E-state index is -0.732. The topological polar surface area (TPSA) is 32.6 Å². The quantitative estimate of drug-likeness (QED) is 0.345. The van der Waals surface area contributed by atoms with Crippen molar-refractivity contribution >= 4 is 22.1 Å². The molecule has 0 saturated heterocycles. The fourth-order valence-corrected chi connectivity index (χ4v) is 1.06. The molecule has 5 heteroatoms. The fourth-order valence-electron chi connectivity index (χ4n) is 0.732. The van der Waals surface area contributed by atoms with Crippen LogP contribution in [0, 0.1) is 11.6 Å². The first-order valence-corrected chi connectivity index (χ1v) is 3.76. The summed E-state index contributed by atoms with van der Waals surface area (Å²) in [5.41, 5.74) is 0.148. The van der Waals surface area contributed by atoms with Crippen molar-refractivity contribution in [2.24, 2.45) is 5.16 Å². The Morgan fingerprint density at radius 1 is 1.42 bits per heavy atom. The molecule has 0 aliphatic heterocycles. The smallest absolute Gasteiger partial charge is 0.140 e. The Balaban J connectivity index is 3.27. The summed E-state index contributed by atoms with van der Waals surface area (Å²) in [5.74, 6) is -1.45. The standard InChI is InChI=1S/C7H4BrF2NO/c8-7-4(3-11-12)1-5(9)2-6(7)10/h1-3,12H. The van der Waals surface area contributed by atoms with Crippen LogP contribution in [0.4, 0.5) is 8.78 Å². The van der Waals surface area contributed by atoms with Gasteiger partial charge >= 0.3 is 0 Å². The highest BCUT2D eigenvalue weighted by molar-refractivity contribution is 9.10. The third-order valence-electron chi connectivity index (χ3n) is 1.22. The fraction of sp³-hybridized carbons (Fsp3) is 0. The molecule has 1 N–H and O–H groups in total. The van der Waals surface area contributed by atoms with E-state index in [1.54, 1.807) is 0 Å². The summed E-state index contributed by atoms with van der Waals surface area (Å²) in [5, 5.41) is 10.8. The SMILES string of the molecule is ON=Cc1cc(F)cc(F)c1Br. The van der Waals surface area contributed by atoms with Gasteiger partial charge in [-0.05, 0) is 22.0 Å². The average molecular weight is 236 g/mol. The summed E-state index contributed by atoms with van der Waals surface area (Å²) in [4.78, 5) is 0. The Kier molecular flexibility index (Phi) is 2.75. The van der Waals surface area contributed by atoms with Gasteiger partial charge in [-0.3, -0.25) is 0 Å². The van der Waals surface area contributed by atoms with E-state index in [4.69, 9.17) is 5.21 Å².